The molecule has 1 aliphatic rings. The van der Waals surface area contributed by atoms with Crippen molar-refractivity contribution in [2.24, 2.45) is 5.92 Å². The van der Waals surface area contributed by atoms with Crippen LogP contribution >= 0.6 is 0 Å². The first-order valence-corrected chi connectivity index (χ1v) is 8.14. The Morgan fingerprint density at radius 2 is 2.05 bits per heavy atom. The number of fused-ring (bicyclic) bond motifs is 1. The topological polar surface area (TPSA) is 58.0 Å². The van der Waals surface area contributed by atoms with E-state index < -0.39 is 0 Å². The lowest BCUT2D eigenvalue weighted by Crippen LogP contribution is -2.28. The van der Waals surface area contributed by atoms with Gasteiger partial charge in [0.05, 0.1) is 5.52 Å². The Balaban J connectivity index is 1.91. The molecule has 4 nitrogen and oxygen atoms in total. The Morgan fingerprint density at radius 3 is 2.76 bits per heavy atom. The zero-order valence-corrected chi connectivity index (χ0v) is 12.7. The summed E-state index contributed by atoms with van der Waals surface area (Å²) in [6, 6.07) is 6.45. The monoisotopic (exact) mass is 288 g/mol. The number of H-pyrrole nitrogens is 1. The van der Waals surface area contributed by atoms with Crippen LogP contribution in [-0.2, 0) is 0 Å². The van der Waals surface area contributed by atoms with E-state index >= 15 is 0 Å². The minimum atomic E-state index is -0.378. The van der Waals surface area contributed by atoms with E-state index in [4.69, 9.17) is 4.42 Å². The van der Waals surface area contributed by atoms with Crippen molar-refractivity contribution in [3.8, 4) is 0 Å². The zero-order valence-electron chi connectivity index (χ0n) is 12.7. The molecule has 1 aliphatic carbocycles. The normalized spacial score (nSPS) is 18.7. The minimum Gasteiger partial charge on any atom is -0.408 e. The van der Waals surface area contributed by atoms with E-state index in [9.17, 15) is 4.79 Å². The molecule has 1 unspecified atom stereocenters. The zero-order chi connectivity index (χ0) is 14.7. The third kappa shape index (κ3) is 3.21. The third-order valence-electron chi connectivity index (χ3n) is 4.60. The molecule has 21 heavy (non-hydrogen) atoms. The fourth-order valence-electron chi connectivity index (χ4n) is 3.58. The summed E-state index contributed by atoms with van der Waals surface area (Å²) in [4.78, 5) is 14.0. The first-order chi connectivity index (χ1) is 10.3. The van der Waals surface area contributed by atoms with Gasteiger partial charge in [0, 0.05) is 6.04 Å². The van der Waals surface area contributed by atoms with E-state index in [0.29, 0.717) is 17.5 Å². The van der Waals surface area contributed by atoms with Crippen molar-refractivity contribution in [3.63, 3.8) is 0 Å². The first kappa shape index (κ1) is 14.4. The molecule has 1 fully saturated rings. The smallest absolute Gasteiger partial charge is 0.408 e. The van der Waals surface area contributed by atoms with Crippen LogP contribution in [0.4, 0.5) is 0 Å². The van der Waals surface area contributed by atoms with E-state index in [-0.39, 0.29) is 5.76 Å². The number of hydrogen-bond donors (Lipinski definition) is 2. The van der Waals surface area contributed by atoms with Gasteiger partial charge in [0.15, 0.2) is 5.58 Å². The van der Waals surface area contributed by atoms with Crippen LogP contribution in [0.2, 0.25) is 0 Å². The quantitative estimate of drug-likeness (QED) is 0.843. The van der Waals surface area contributed by atoms with E-state index in [1.54, 1.807) is 0 Å². The van der Waals surface area contributed by atoms with Crippen LogP contribution < -0.4 is 11.1 Å². The molecule has 1 atom stereocenters. The molecule has 1 aromatic carbocycles. The van der Waals surface area contributed by atoms with Gasteiger partial charge in [-0.05, 0) is 43.0 Å². The SMILES string of the molecule is CCNC(c1ccc2[nH]c(=O)oc2c1)C1CCCCCC1. The maximum Gasteiger partial charge on any atom is 0.417 e. The van der Waals surface area contributed by atoms with Gasteiger partial charge in [0.2, 0.25) is 0 Å². The summed E-state index contributed by atoms with van der Waals surface area (Å²) in [6.07, 6.45) is 7.95. The summed E-state index contributed by atoms with van der Waals surface area (Å²) >= 11 is 0. The highest BCUT2D eigenvalue weighted by Gasteiger charge is 2.24. The number of oxazole rings is 1. The van der Waals surface area contributed by atoms with E-state index in [0.717, 1.165) is 12.1 Å². The van der Waals surface area contributed by atoms with Crippen LogP contribution in [0.3, 0.4) is 0 Å². The molecule has 1 aromatic heterocycles. The second-order valence-electron chi connectivity index (χ2n) is 6.06. The standard InChI is InChI=1S/C17H24N2O2/c1-2-18-16(12-7-5-3-4-6-8-12)13-9-10-14-15(11-13)21-17(20)19-14/h9-12,16,18H,2-8H2,1H3,(H,19,20). The van der Waals surface area contributed by atoms with Gasteiger partial charge < -0.3 is 9.73 Å². The third-order valence-corrected chi connectivity index (χ3v) is 4.60. The molecule has 114 valence electrons. The van der Waals surface area contributed by atoms with Gasteiger partial charge in [0.25, 0.3) is 0 Å². The predicted molar refractivity (Wildman–Crippen MR) is 84.4 cm³/mol. The molecular formula is C17H24N2O2. The molecule has 3 rings (SSSR count). The molecule has 2 N–H and O–H groups in total. The number of rotatable bonds is 4. The van der Waals surface area contributed by atoms with Gasteiger partial charge in [-0.25, -0.2) is 4.79 Å². The summed E-state index contributed by atoms with van der Waals surface area (Å²) in [5.41, 5.74) is 2.67. The molecular weight excluding hydrogens is 264 g/mol. The molecule has 4 heteroatoms. The Kier molecular flexibility index (Phi) is 4.44. The van der Waals surface area contributed by atoms with Gasteiger partial charge in [-0.15, -0.1) is 0 Å². The van der Waals surface area contributed by atoms with Crippen molar-refractivity contribution >= 4 is 11.1 Å². The highest BCUT2D eigenvalue weighted by molar-refractivity contribution is 5.72. The molecule has 0 aliphatic heterocycles. The average molecular weight is 288 g/mol. The van der Waals surface area contributed by atoms with Crippen molar-refractivity contribution in [1.82, 2.24) is 10.3 Å². The molecule has 2 aromatic rings. The highest BCUT2D eigenvalue weighted by atomic mass is 16.4. The van der Waals surface area contributed by atoms with Crippen LogP contribution in [0.5, 0.6) is 0 Å². The molecule has 1 saturated carbocycles. The number of aromatic amines is 1. The van der Waals surface area contributed by atoms with Crippen molar-refractivity contribution in [3.05, 3.63) is 34.3 Å². The van der Waals surface area contributed by atoms with Crippen molar-refractivity contribution in [2.75, 3.05) is 6.54 Å². The lowest BCUT2D eigenvalue weighted by molar-refractivity contribution is 0.330. The Hall–Kier alpha value is -1.55. The second-order valence-corrected chi connectivity index (χ2v) is 6.06. The lowest BCUT2D eigenvalue weighted by atomic mass is 9.87. The van der Waals surface area contributed by atoms with Crippen molar-refractivity contribution in [1.29, 1.82) is 0 Å². The summed E-state index contributed by atoms with van der Waals surface area (Å²) < 4.78 is 5.21. The second kappa shape index (κ2) is 6.48. The minimum absolute atomic E-state index is 0.359. The van der Waals surface area contributed by atoms with Crippen LogP contribution in [0.15, 0.2) is 27.4 Å². The predicted octanol–water partition coefficient (Wildman–Crippen LogP) is 3.74. The molecule has 0 radical (unpaired) electrons. The van der Waals surface area contributed by atoms with Gasteiger partial charge in [-0.3, -0.25) is 4.98 Å². The maximum absolute atomic E-state index is 11.3. The number of aromatic nitrogens is 1. The van der Waals surface area contributed by atoms with Crippen LogP contribution in [0, 0.1) is 5.92 Å². The van der Waals surface area contributed by atoms with E-state index in [1.807, 2.05) is 12.1 Å². The molecule has 0 spiro atoms. The first-order valence-electron chi connectivity index (χ1n) is 8.14. The van der Waals surface area contributed by atoms with Gasteiger partial charge >= 0.3 is 5.76 Å². The molecule has 0 saturated heterocycles. The van der Waals surface area contributed by atoms with E-state index in [2.05, 4.69) is 23.3 Å². The largest absolute Gasteiger partial charge is 0.417 e. The fourth-order valence-corrected chi connectivity index (χ4v) is 3.58. The molecule has 0 bridgehead atoms. The molecule has 1 heterocycles. The Labute approximate surface area is 124 Å². The summed E-state index contributed by atoms with van der Waals surface area (Å²) in [7, 11) is 0. The van der Waals surface area contributed by atoms with Crippen molar-refractivity contribution < 1.29 is 4.42 Å². The average Bonchev–Trinajstić information content (AvgIpc) is 2.68. The van der Waals surface area contributed by atoms with Crippen LogP contribution in [-0.4, -0.2) is 11.5 Å². The Morgan fingerprint density at radius 1 is 1.29 bits per heavy atom. The fraction of sp³-hybridized carbons (Fsp3) is 0.588. The number of nitrogens with one attached hydrogen (secondary N) is 2. The van der Waals surface area contributed by atoms with E-state index in [1.165, 1.54) is 44.1 Å². The van der Waals surface area contributed by atoms with Crippen LogP contribution in [0.25, 0.3) is 11.1 Å². The molecule has 0 amide bonds. The summed E-state index contributed by atoms with van der Waals surface area (Å²) in [6.45, 7) is 3.11. The van der Waals surface area contributed by atoms with Crippen LogP contribution in [0.1, 0.15) is 57.1 Å². The Bertz CT molecular complexity index is 636. The van der Waals surface area contributed by atoms with Crippen molar-refractivity contribution in [2.45, 2.75) is 51.5 Å². The number of hydrogen-bond acceptors (Lipinski definition) is 3. The lowest BCUT2D eigenvalue weighted by Gasteiger charge is -2.27. The van der Waals surface area contributed by atoms with Gasteiger partial charge in [-0.2, -0.15) is 0 Å². The maximum atomic E-state index is 11.3. The number of benzene rings is 1. The van der Waals surface area contributed by atoms with Gasteiger partial charge in [0.1, 0.15) is 0 Å². The van der Waals surface area contributed by atoms with Gasteiger partial charge in [-0.1, -0.05) is 38.7 Å². The summed E-state index contributed by atoms with van der Waals surface area (Å²) in [5.74, 6) is 0.298. The summed E-state index contributed by atoms with van der Waals surface area (Å²) in [5, 5.41) is 3.64. The highest BCUT2D eigenvalue weighted by Crippen LogP contribution is 2.34.